The number of nitrogens with zero attached hydrogens (tertiary/aromatic N) is 3. The van der Waals surface area contributed by atoms with Gasteiger partial charge in [0.1, 0.15) is 17.2 Å². The number of rotatable bonds is 3. The smallest absolute Gasteiger partial charge is 0.410 e. The molecular weight excluding hydrogens is 328 g/mol. The van der Waals surface area contributed by atoms with Crippen LogP contribution in [0, 0.1) is 23.0 Å². The molecule has 0 saturated carbocycles. The highest BCUT2D eigenvalue weighted by Crippen LogP contribution is 2.25. The molecule has 0 N–H and O–H groups in total. The predicted octanol–water partition coefficient (Wildman–Crippen LogP) is 3.48. The van der Waals surface area contributed by atoms with Crippen LogP contribution in [0.1, 0.15) is 32.8 Å². The van der Waals surface area contributed by atoms with E-state index in [2.05, 4.69) is 0 Å². The molecule has 1 amide bonds. The van der Waals surface area contributed by atoms with Crippen molar-refractivity contribution < 1.29 is 18.3 Å². The van der Waals surface area contributed by atoms with Crippen molar-refractivity contribution in [1.29, 1.82) is 5.26 Å². The highest BCUT2D eigenvalue weighted by atomic mass is 19.1. The zero-order valence-corrected chi connectivity index (χ0v) is 14.8. The number of nitriles is 1. The van der Waals surface area contributed by atoms with Crippen LogP contribution in [0.25, 0.3) is 0 Å². The Morgan fingerprint density at radius 1 is 1.20 bits per heavy atom. The lowest BCUT2D eigenvalue weighted by Gasteiger charge is -2.36. The molecule has 0 aromatic heterocycles. The molecule has 1 aromatic rings. The van der Waals surface area contributed by atoms with Gasteiger partial charge in [-0.3, -0.25) is 0 Å². The van der Waals surface area contributed by atoms with E-state index in [0.29, 0.717) is 26.2 Å². The van der Waals surface area contributed by atoms with Crippen LogP contribution in [0.15, 0.2) is 12.1 Å². The number of hydrogen-bond acceptors (Lipinski definition) is 4. The van der Waals surface area contributed by atoms with Gasteiger partial charge in [0.25, 0.3) is 0 Å². The van der Waals surface area contributed by atoms with Gasteiger partial charge in [0, 0.05) is 38.7 Å². The fourth-order valence-electron chi connectivity index (χ4n) is 2.66. The van der Waals surface area contributed by atoms with Crippen molar-refractivity contribution in [3.8, 4) is 6.07 Å². The number of carbonyl (C=O) groups excluding carboxylic acids is 1. The average Bonchev–Trinajstić information content (AvgIpc) is 2.54. The minimum absolute atomic E-state index is 0.143. The molecule has 1 aromatic carbocycles. The van der Waals surface area contributed by atoms with Crippen LogP contribution in [0.2, 0.25) is 0 Å². The monoisotopic (exact) mass is 351 g/mol. The fourth-order valence-corrected chi connectivity index (χ4v) is 2.66. The molecule has 0 aliphatic carbocycles. The van der Waals surface area contributed by atoms with Gasteiger partial charge in [-0.15, -0.1) is 0 Å². The molecule has 0 bridgehead atoms. The first-order chi connectivity index (χ1) is 11.7. The van der Waals surface area contributed by atoms with Crippen molar-refractivity contribution in [2.24, 2.45) is 0 Å². The molecule has 1 heterocycles. The molecule has 2 rings (SSSR count). The van der Waals surface area contributed by atoms with Crippen molar-refractivity contribution in [3.05, 3.63) is 29.3 Å². The first-order valence-electron chi connectivity index (χ1n) is 8.29. The normalized spacial score (nSPS) is 15.0. The second-order valence-electron chi connectivity index (χ2n) is 7.01. The predicted molar refractivity (Wildman–Crippen MR) is 90.3 cm³/mol. The summed E-state index contributed by atoms with van der Waals surface area (Å²) in [6.45, 7) is 6.95. The molecule has 1 fully saturated rings. The van der Waals surface area contributed by atoms with Gasteiger partial charge in [-0.2, -0.15) is 5.26 Å². The molecule has 7 heteroatoms. The first-order valence-corrected chi connectivity index (χ1v) is 8.29. The van der Waals surface area contributed by atoms with Crippen molar-refractivity contribution >= 4 is 11.8 Å². The lowest BCUT2D eigenvalue weighted by atomic mass is 10.1. The third kappa shape index (κ3) is 5.05. The summed E-state index contributed by atoms with van der Waals surface area (Å²) >= 11 is 0. The van der Waals surface area contributed by atoms with Crippen LogP contribution >= 0.6 is 0 Å². The van der Waals surface area contributed by atoms with Gasteiger partial charge in [-0.05, 0) is 38.8 Å². The maximum atomic E-state index is 14.3. The van der Waals surface area contributed by atoms with E-state index >= 15 is 0 Å². The average molecular weight is 351 g/mol. The van der Waals surface area contributed by atoms with Crippen LogP contribution in [-0.4, -0.2) is 42.8 Å². The van der Waals surface area contributed by atoms with Gasteiger partial charge in [0.05, 0.1) is 11.8 Å². The zero-order valence-electron chi connectivity index (χ0n) is 14.8. The molecule has 0 unspecified atom stereocenters. The van der Waals surface area contributed by atoms with Crippen LogP contribution in [0.5, 0.6) is 0 Å². The number of benzene rings is 1. The topological polar surface area (TPSA) is 56.6 Å². The Bertz CT molecular complexity index is 672. The number of carbonyl (C=O) groups is 1. The lowest BCUT2D eigenvalue weighted by Crippen LogP contribution is -2.50. The summed E-state index contributed by atoms with van der Waals surface area (Å²) in [7, 11) is 0. The molecule has 1 aliphatic rings. The number of ether oxygens (including phenoxy) is 1. The van der Waals surface area contributed by atoms with Gasteiger partial charge in [0.2, 0.25) is 0 Å². The van der Waals surface area contributed by atoms with E-state index in [4.69, 9.17) is 10.00 Å². The van der Waals surface area contributed by atoms with Gasteiger partial charge in [-0.1, -0.05) is 0 Å². The Kier molecular flexibility index (Phi) is 5.83. The third-order valence-electron chi connectivity index (χ3n) is 3.89. The summed E-state index contributed by atoms with van der Waals surface area (Å²) < 4.78 is 33.8. The fraction of sp³-hybridized carbons (Fsp3) is 0.556. The number of anilines is 1. The maximum Gasteiger partial charge on any atom is 0.410 e. The number of piperazine rings is 1. The Morgan fingerprint density at radius 2 is 1.84 bits per heavy atom. The van der Waals surface area contributed by atoms with E-state index < -0.39 is 23.3 Å². The minimum Gasteiger partial charge on any atom is -0.444 e. The van der Waals surface area contributed by atoms with Crippen LogP contribution < -0.4 is 4.90 Å². The maximum absolute atomic E-state index is 14.3. The Hall–Kier alpha value is -2.36. The number of amides is 1. The molecule has 0 radical (unpaired) electrons. The van der Waals surface area contributed by atoms with E-state index in [-0.39, 0.29) is 24.1 Å². The molecule has 136 valence electrons. The Balaban J connectivity index is 2.02. The molecule has 1 aliphatic heterocycles. The second kappa shape index (κ2) is 7.68. The quantitative estimate of drug-likeness (QED) is 0.837. The summed E-state index contributed by atoms with van der Waals surface area (Å²) in [5.41, 5.74) is -0.180. The molecular formula is C18H23F2N3O2. The number of aryl methyl sites for hydroxylation is 1. The number of hydrogen-bond donors (Lipinski definition) is 0. The largest absolute Gasteiger partial charge is 0.444 e. The molecule has 0 atom stereocenters. The Labute approximate surface area is 146 Å². The summed E-state index contributed by atoms with van der Waals surface area (Å²) in [5.74, 6) is -1.03. The van der Waals surface area contributed by atoms with E-state index in [1.54, 1.807) is 30.6 Å². The lowest BCUT2D eigenvalue weighted by molar-refractivity contribution is 0.0240. The van der Waals surface area contributed by atoms with Gasteiger partial charge in [-0.25, -0.2) is 13.6 Å². The standard InChI is InChI=1S/C18H23F2N3O2/c1-18(2,3)25-17(24)23-9-7-22(8-10-23)16-12-14(19)13(5-4-6-21)11-15(16)20/h11-12H,4-5,7-10H2,1-3H3. The first kappa shape index (κ1) is 19.0. The van der Waals surface area contributed by atoms with E-state index in [0.717, 1.165) is 6.07 Å². The van der Waals surface area contributed by atoms with Crippen molar-refractivity contribution in [2.45, 2.75) is 39.2 Å². The van der Waals surface area contributed by atoms with Gasteiger partial charge in [0.15, 0.2) is 0 Å². The van der Waals surface area contributed by atoms with Gasteiger partial charge < -0.3 is 14.5 Å². The van der Waals surface area contributed by atoms with Crippen LogP contribution in [0.4, 0.5) is 19.3 Å². The summed E-state index contributed by atoms with van der Waals surface area (Å²) in [5, 5.41) is 8.57. The third-order valence-corrected chi connectivity index (χ3v) is 3.89. The van der Waals surface area contributed by atoms with Crippen molar-refractivity contribution in [3.63, 3.8) is 0 Å². The molecule has 1 saturated heterocycles. The Morgan fingerprint density at radius 3 is 2.40 bits per heavy atom. The molecule has 0 spiro atoms. The summed E-state index contributed by atoms with van der Waals surface area (Å²) in [6.07, 6.45) is -0.0680. The summed E-state index contributed by atoms with van der Waals surface area (Å²) in [4.78, 5) is 15.3. The highest BCUT2D eigenvalue weighted by molar-refractivity contribution is 5.68. The van der Waals surface area contributed by atoms with Crippen LogP contribution in [0.3, 0.4) is 0 Å². The highest BCUT2D eigenvalue weighted by Gasteiger charge is 2.27. The number of halogens is 2. The van der Waals surface area contributed by atoms with Gasteiger partial charge >= 0.3 is 6.09 Å². The van der Waals surface area contributed by atoms with Crippen molar-refractivity contribution in [1.82, 2.24) is 4.90 Å². The SMILES string of the molecule is CC(C)(C)OC(=O)N1CCN(c2cc(F)c(CCC#N)cc2F)CC1. The molecule has 5 nitrogen and oxygen atoms in total. The van der Waals surface area contributed by atoms with Crippen molar-refractivity contribution in [2.75, 3.05) is 31.1 Å². The van der Waals surface area contributed by atoms with E-state index in [9.17, 15) is 13.6 Å². The molecule has 25 heavy (non-hydrogen) atoms. The zero-order chi connectivity index (χ0) is 18.6. The van der Waals surface area contributed by atoms with E-state index in [1.165, 1.54) is 6.07 Å². The van der Waals surface area contributed by atoms with Crippen LogP contribution in [-0.2, 0) is 11.2 Å². The summed E-state index contributed by atoms with van der Waals surface area (Å²) in [6, 6.07) is 4.25. The minimum atomic E-state index is -0.567. The van der Waals surface area contributed by atoms with E-state index in [1.807, 2.05) is 6.07 Å². The second-order valence-corrected chi connectivity index (χ2v) is 7.01.